The second-order valence-electron chi connectivity index (χ2n) is 7.70. The van der Waals surface area contributed by atoms with Crippen LogP contribution in [0.1, 0.15) is 34.6 Å². The van der Waals surface area contributed by atoms with E-state index in [0.717, 1.165) is 28.6 Å². The van der Waals surface area contributed by atoms with Gasteiger partial charge in [-0.05, 0) is 41.0 Å². The van der Waals surface area contributed by atoms with Crippen LogP contribution in [0.15, 0.2) is 79.0 Å². The second kappa shape index (κ2) is 8.49. The molecule has 1 amide bonds. The Hall–Kier alpha value is -3.61. The molecule has 0 radical (unpaired) electrons. The molecule has 164 valence electrons. The molecule has 0 spiro atoms. The predicted octanol–water partition coefficient (Wildman–Crippen LogP) is 5.85. The van der Waals surface area contributed by atoms with E-state index in [1.54, 1.807) is 18.2 Å². The number of hydrogen-bond acceptors (Lipinski definition) is 1. The van der Waals surface area contributed by atoms with Crippen LogP contribution in [0.3, 0.4) is 0 Å². The van der Waals surface area contributed by atoms with Crippen LogP contribution in [0.2, 0.25) is 0 Å². The van der Waals surface area contributed by atoms with Crippen LogP contribution in [-0.4, -0.2) is 10.5 Å². The molecule has 4 aromatic rings. The summed E-state index contributed by atoms with van der Waals surface area (Å²) in [6.45, 7) is 0.437. The molecule has 32 heavy (non-hydrogen) atoms. The van der Waals surface area contributed by atoms with Crippen LogP contribution in [0.25, 0.3) is 10.9 Å². The number of benzene rings is 3. The summed E-state index contributed by atoms with van der Waals surface area (Å²) in [6, 6.07) is 18.6. The number of nitrogens with zero attached hydrogens (tertiary/aromatic N) is 1. The fraction of sp³-hybridized carbons (Fsp3) is 0.160. The van der Waals surface area contributed by atoms with Gasteiger partial charge in [-0.2, -0.15) is 13.2 Å². The normalized spacial score (nSPS) is 12.8. The van der Waals surface area contributed by atoms with Crippen molar-refractivity contribution < 1.29 is 22.4 Å². The van der Waals surface area contributed by atoms with Crippen LogP contribution in [0, 0.1) is 5.82 Å². The lowest BCUT2D eigenvalue weighted by atomic mass is 9.87. The van der Waals surface area contributed by atoms with Crippen molar-refractivity contribution in [2.24, 2.45) is 5.73 Å². The Morgan fingerprint density at radius 2 is 1.69 bits per heavy atom. The molecule has 0 fully saturated rings. The zero-order valence-corrected chi connectivity index (χ0v) is 16.9. The van der Waals surface area contributed by atoms with Crippen molar-refractivity contribution in [1.29, 1.82) is 0 Å². The Morgan fingerprint density at radius 1 is 0.969 bits per heavy atom. The third kappa shape index (κ3) is 4.51. The average molecular weight is 440 g/mol. The number of rotatable bonds is 6. The van der Waals surface area contributed by atoms with Gasteiger partial charge in [0.1, 0.15) is 5.82 Å². The minimum absolute atomic E-state index is 0.133. The summed E-state index contributed by atoms with van der Waals surface area (Å²) in [5.41, 5.74) is 7.49. The van der Waals surface area contributed by atoms with Crippen molar-refractivity contribution in [2.75, 3.05) is 0 Å². The van der Waals surface area contributed by atoms with Gasteiger partial charge < -0.3 is 10.3 Å². The maximum Gasteiger partial charge on any atom is 0.416 e. The Bertz CT molecular complexity index is 1260. The minimum atomic E-state index is -4.50. The van der Waals surface area contributed by atoms with Crippen LogP contribution in [0.5, 0.6) is 0 Å². The van der Waals surface area contributed by atoms with Gasteiger partial charge in [-0.1, -0.05) is 48.5 Å². The van der Waals surface area contributed by atoms with Crippen molar-refractivity contribution in [1.82, 2.24) is 4.57 Å². The number of para-hydroxylation sites is 1. The van der Waals surface area contributed by atoms with Gasteiger partial charge in [0, 0.05) is 36.0 Å². The first-order chi connectivity index (χ1) is 15.2. The van der Waals surface area contributed by atoms with E-state index in [-0.39, 0.29) is 12.2 Å². The van der Waals surface area contributed by atoms with Crippen LogP contribution in [0.4, 0.5) is 17.6 Å². The predicted molar refractivity (Wildman–Crippen MR) is 115 cm³/mol. The molecule has 0 bridgehead atoms. The standard InChI is InChI=1S/C25H20F4N2O/c26-19-10-8-16(9-11-19)14-31-15-22(20-6-1-2-7-23(20)31)21(13-24(30)32)17-4-3-5-18(12-17)25(27,28)29/h1-12,15,21H,13-14H2,(H2,30,32). The van der Waals surface area contributed by atoms with Gasteiger partial charge in [0.15, 0.2) is 0 Å². The molecule has 7 heteroatoms. The Balaban J connectivity index is 1.83. The fourth-order valence-electron chi connectivity index (χ4n) is 4.01. The number of hydrogen-bond donors (Lipinski definition) is 1. The van der Waals surface area contributed by atoms with E-state index < -0.39 is 23.6 Å². The lowest BCUT2D eigenvalue weighted by Crippen LogP contribution is -2.17. The largest absolute Gasteiger partial charge is 0.416 e. The average Bonchev–Trinajstić information content (AvgIpc) is 3.11. The first-order valence-electron chi connectivity index (χ1n) is 10.00. The molecule has 0 aliphatic carbocycles. The number of aromatic nitrogens is 1. The minimum Gasteiger partial charge on any atom is -0.370 e. The van der Waals surface area contributed by atoms with Crippen LogP contribution < -0.4 is 5.73 Å². The van der Waals surface area contributed by atoms with Crippen molar-refractivity contribution in [3.8, 4) is 0 Å². The summed E-state index contributed by atoms with van der Waals surface area (Å²) >= 11 is 0. The van der Waals surface area contributed by atoms with E-state index >= 15 is 0 Å². The number of halogens is 4. The quantitative estimate of drug-likeness (QED) is 0.376. The van der Waals surface area contributed by atoms with Gasteiger partial charge in [-0.25, -0.2) is 4.39 Å². The number of primary amides is 1. The zero-order chi connectivity index (χ0) is 22.9. The molecule has 1 unspecified atom stereocenters. The summed E-state index contributed by atoms with van der Waals surface area (Å²) < 4.78 is 55.1. The third-order valence-electron chi connectivity index (χ3n) is 5.48. The van der Waals surface area contributed by atoms with Crippen molar-refractivity contribution in [3.63, 3.8) is 0 Å². The van der Waals surface area contributed by atoms with Gasteiger partial charge in [0.05, 0.1) is 5.56 Å². The van der Waals surface area contributed by atoms with E-state index in [0.29, 0.717) is 17.7 Å². The summed E-state index contributed by atoms with van der Waals surface area (Å²) in [4.78, 5) is 11.9. The molecule has 4 rings (SSSR count). The number of nitrogens with two attached hydrogens (primary N) is 1. The molecular weight excluding hydrogens is 420 g/mol. The van der Waals surface area contributed by atoms with E-state index in [1.165, 1.54) is 18.2 Å². The molecule has 0 aliphatic rings. The molecule has 3 nitrogen and oxygen atoms in total. The number of amides is 1. The van der Waals surface area contributed by atoms with Crippen LogP contribution >= 0.6 is 0 Å². The fourth-order valence-corrected chi connectivity index (χ4v) is 4.01. The van der Waals surface area contributed by atoms with E-state index in [1.807, 2.05) is 35.0 Å². The summed E-state index contributed by atoms with van der Waals surface area (Å²) in [7, 11) is 0. The van der Waals surface area contributed by atoms with Gasteiger partial charge in [0.25, 0.3) is 0 Å². The number of fused-ring (bicyclic) bond motifs is 1. The highest BCUT2D eigenvalue weighted by molar-refractivity contribution is 5.86. The molecule has 0 aliphatic heterocycles. The Labute approximate surface area is 182 Å². The van der Waals surface area contributed by atoms with Crippen molar-refractivity contribution >= 4 is 16.8 Å². The maximum absolute atomic E-state index is 13.3. The Kier molecular flexibility index (Phi) is 5.74. The highest BCUT2D eigenvalue weighted by Gasteiger charge is 2.31. The molecule has 0 saturated heterocycles. The summed E-state index contributed by atoms with van der Waals surface area (Å²) in [5.74, 6) is -1.59. The van der Waals surface area contributed by atoms with Crippen molar-refractivity contribution in [3.05, 3.63) is 107 Å². The number of carbonyl (C=O) groups excluding carboxylic acids is 1. The van der Waals surface area contributed by atoms with Gasteiger partial charge in [0.2, 0.25) is 5.91 Å². The molecular formula is C25H20F4N2O. The molecule has 0 saturated carbocycles. The topological polar surface area (TPSA) is 48.0 Å². The lowest BCUT2D eigenvalue weighted by Gasteiger charge is -2.17. The highest BCUT2D eigenvalue weighted by atomic mass is 19.4. The first kappa shape index (κ1) is 21.6. The molecule has 2 N–H and O–H groups in total. The number of alkyl halides is 3. The maximum atomic E-state index is 13.3. The number of carbonyl (C=O) groups is 1. The van der Waals surface area contributed by atoms with E-state index in [2.05, 4.69) is 0 Å². The molecule has 1 heterocycles. The van der Waals surface area contributed by atoms with E-state index in [4.69, 9.17) is 5.73 Å². The third-order valence-corrected chi connectivity index (χ3v) is 5.48. The first-order valence-corrected chi connectivity index (χ1v) is 10.00. The van der Waals surface area contributed by atoms with E-state index in [9.17, 15) is 22.4 Å². The lowest BCUT2D eigenvalue weighted by molar-refractivity contribution is -0.137. The zero-order valence-electron chi connectivity index (χ0n) is 16.9. The van der Waals surface area contributed by atoms with Gasteiger partial charge in [-0.15, -0.1) is 0 Å². The highest BCUT2D eigenvalue weighted by Crippen LogP contribution is 2.37. The van der Waals surface area contributed by atoms with Gasteiger partial charge >= 0.3 is 6.18 Å². The SMILES string of the molecule is NC(=O)CC(c1cccc(C(F)(F)F)c1)c1cn(Cc2ccc(F)cc2)c2ccccc12. The van der Waals surface area contributed by atoms with Gasteiger partial charge in [-0.3, -0.25) is 4.79 Å². The second-order valence-corrected chi connectivity index (χ2v) is 7.70. The summed E-state index contributed by atoms with van der Waals surface area (Å²) in [6.07, 6.45) is -2.79. The Morgan fingerprint density at radius 3 is 2.38 bits per heavy atom. The smallest absolute Gasteiger partial charge is 0.370 e. The molecule has 1 aromatic heterocycles. The summed E-state index contributed by atoms with van der Waals surface area (Å²) in [5, 5.41) is 0.818. The molecule has 3 aromatic carbocycles. The monoisotopic (exact) mass is 440 g/mol. The molecule has 1 atom stereocenters. The van der Waals surface area contributed by atoms with Crippen molar-refractivity contribution in [2.45, 2.75) is 25.1 Å². The van der Waals surface area contributed by atoms with Crippen LogP contribution in [-0.2, 0) is 17.5 Å².